The first-order valence-corrected chi connectivity index (χ1v) is 11.4. The number of thiazole rings is 1. The van der Waals surface area contributed by atoms with Crippen LogP contribution in [0.15, 0.2) is 63.9 Å². The van der Waals surface area contributed by atoms with E-state index < -0.39 is 6.61 Å². The van der Waals surface area contributed by atoms with Crippen LogP contribution in [0.2, 0.25) is 0 Å². The molecule has 0 aliphatic carbocycles. The van der Waals surface area contributed by atoms with Crippen molar-refractivity contribution in [1.29, 1.82) is 0 Å². The summed E-state index contributed by atoms with van der Waals surface area (Å²) in [5, 5.41) is 4.07. The van der Waals surface area contributed by atoms with Crippen LogP contribution in [0.4, 0.5) is 8.78 Å². The number of hydrogen-bond donors (Lipinski definition) is 0. The normalized spacial score (nSPS) is 11.5. The van der Waals surface area contributed by atoms with Crippen LogP contribution in [0.1, 0.15) is 30.5 Å². The lowest BCUT2D eigenvalue weighted by atomic mass is 10.2. The molecule has 0 aliphatic rings. The van der Waals surface area contributed by atoms with Crippen molar-refractivity contribution in [2.24, 2.45) is 0 Å². The van der Waals surface area contributed by atoms with Gasteiger partial charge >= 0.3 is 6.61 Å². The van der Waals surface area contributed by atoms with Crippen LogP contribution in [-0.4, -0.2) is 21.1 Å². The Kier molecular flexibility index (Phi) is 6.33. The average molecular weight is 460 g/mol. The zero-order valence-electron chi connectivity index (χ0n) is 16.8. The summed E-state index contributed by atoms with van der Waals surface area (Å²) in [5.41, 5.74) is 1.82. The van der Waals surface area contributed by atoms with Gasteiger partial charge in [0.05, 0.1) is 27.3 Å². The number of thioether (sulfide) groups is 1. The van der Waals surface area contributed by atoms with E-state index in [4.69, 9.17) is 4.98 Å². The van der Waals surface area contributed by atoms with E-state index in [1.54, 1.807) is 41.7 Å². The van der Waals surface area contributed by atoms with Gasteiger partial charge in [-0.2, -0.15) is 8.78 Å². The minimum Gasteiger partial charge on any atom is -0.435 e. The summed E-state index contributed by atoms with van der Waals surface area (Å²) >= 11 is 3.03. The number of fused-ring (bicyclic) bond motifs is 1. The summed E-state index contributed by atoms with van der Waals surface area (Å²) in [7, 11) is 0. The van der Waals surface area contributed by atoms with E-state index in [9.17, 15) is 13.6 Å². The van der Waals surface area contributed by atoms with Gasteiger partial charge in [0.15, 0.2) is 5.16 Å². The Morgan fingerprint density at radius 3 is 2.52 bits per heavy atom. The fourth-order valence-corrected chi connectivity index (χ4v) is 4.85. The van der Waals surface area contributed by atoms with Crippen LogP contribution >= 0.6 is 23.1 Å². The lowest BCUT2D eigenvalue weighted by Gasteiger charge is -2.13. The predicted octanol–water partition coefficient (Wildman–Crippen LogP) is 5.86. The van der Waals surface area contributed by atoms with E-state index in [1.807, 2.05) is 11.4 Å². The van der Waals surface area contributed by atoms with Crippen LogP contribution in [-0.2, 0) is 5.75 Å². The Labute approximate surface area is 185 Å². The molecule has 2 aromatic heterocycles. The van der Waals surface area contributed by atoms with Gasteiger partial charge < -0.3 is 4.74 Å². The number of ether oxygens (including phenoxy) is 1. The highest BCUT2D eigenvalue weighted by Gasteiger charge is 2.15. The Balaban J connectivity index is 1.73. The number of hydrogen-bond acceptors (Lipinski definition) is 6. The summed E-state index contributed by atoms with van der Waals surface area (Å²) in [5.74, 6) is 0.939. The first-order chi connectivity index (χ1) is 14.9. The van der Waals surface area contributed by atoms with Crippen LogP contribution in [0, 0.1) is 0 Å². The highest BCUT2D eigenvalue weighted by atomic mass is 32.2. The molecule has 0 bridgehead atoms. The number of rotatable bonds is 7. The predicted molar refractivity (Wildman–Crippen MR) is 120 cm³/mol. The second-order valence-corrected chi connectivity index (χ2v) is 8.88. The molecule has 0 saturated carbocycles. The third-order valence-electron chi connectivity index (χ3n) is 4.48. The summed E-state index contributed by atoms with van der Waals surface area (Å²) in [6.07, 6.45) is 0. The van der Waals surface area contributed by atoms with Crippen molar-refractivity contribution in [2.45, 2.75) is 37.3 Å². The maximum absolute atomic E-state index is 13.3. The van der Waals surface area contributed by atoms with E-state index in [-0.39, 0.29) is 11.3 Å². The molecular weight excluding hydrogens is 440 g/mol. The van der Waals surface area contributed by atoms with Crippen LogP contribution in [0.25, 0.3) is 16.6 Å². The number of nitrogens with zero attached hydrogens (tertiary/aromatic N) is 3. The molecule has 0 N–H and O–H groups in total. The maximum Gasteiger partial charge on any atom is 0.387 e. The van der Waals surface area contributed by atoms with E-state index in [2.05, 4.69) is 23.6 Å². The van der Waals surface area contributed by atoms with Gasteiger partial charge in [0.2, 0.25) is 0 Å². The van der Waals surface area contributed by atoms with Gasteiger partial charge in [-0.25, -0.2) is 9.97 Å². The van der Waals surface area contributed by atoms with Crippen molar-refractivity contribution in [3.63, 3.8) is 0 Å². The zero-order chi connectivity index (χ0) is 22.0. The van der Waals surface area contributed by atoms with Gasteiger partial charge in [0, 0.05) is 17.1 Å². The Bertz CT molecular complexity index is 1250. The third kappa shape index (κ3) is 4.77. The Hall–Kier alpha value is -2.78. The largest absolute Gasteiger partial charge is 0.435 e. The standard InChI is InChI=1S/C22H19F2N3O2S2/c1-13(2)19-25-14(11-30-19)12-31-22-26-18-6-4-3-5-17(18)20(28)27(22)15-7-9-16(10-8-15)29-21(23)24/h3-11,13,21H,12H2,1-2H3. The van der Waals surface area contributed by atoms with E-state index in [1.165, 1.54) is 28.5 Å². The third-order valence-corrected chi connectivity index (χ3v) is 6.64. The minimum absolute atomic E-state index is 0.0263. The van der Waals surface area contributed by atoms with Gasteiger partial charge in [0.1, 0.15) is 5.75 Å². The molecule has 0 amide bonds. The fraction of sp³-hybridized carbons (Fsp3) is 0.227. The Morgan fingerprint density at radius 1 is 1.10 bits per heavy atom. The summed E-state index contributed by atoms with van der Waals surface area (Å²) in [6.45, 7) is 1.29. The molecule has 4 aromatic rings. The second-order valence-electron chi connectivity index (χ2n) is 7.04. The SMILES string of the molecule is CC(C)c1nc(CSc2nc3ccccc3c(=O)n2-c2ccc(OC(F)F)cc2)cs1. The topological polar surface area (TPSA) is 57.0 Å². The minimum atomic E-state index is -2.91. The van der Waals surface area contributed by atoms with E-state index in [0.717, 1.165) is 10.7 Å². The quantitative estimate of drug-likeness (QED) is 0.256. The average Bonchev–Trinajstić information content (AvgIpc) is 3.22. The van der Waals surface area contributed by atoms with Gasteiger partial charge in [-0.3, -0.25) is 9.36 Å². The van der Waals surface area contributed by atoms with Crippen molar-refractivity contribution in [3.8, 4) is 11.4 Å². The van der Waals surface area contributed by atoms with Crippen molar-refractivity contribution in [2.75, 3.05) is 0 Å². The number of halogens is 2. The number of alkyl halides is 2. The lowest BCUT2D eigenvalue weighted by molar-refractivity contribution is -0.0498. The lowest BCUT2D eigenvalue weighted by Crippen LogP contribution is -2.21. The molecule has 31 heavy (non-hydrogen) atoms. The van der Waals surface area contributed by atoms with Crippen molar-refractivity contribution in [1.82, 2.24) is 14.5 Å². The molecule has 0 fully saturated rings. The molecule has 0 unspecified atom stereocenters. The number of aromatic nitrogens is 3. The molecule has 2 aromatic carbocycles. The summed E-state index contributed by atoms with van der Waals surface area (Å²) < 4.78 is 30.8. The van der Waals surface area contributed by atoms with Crippen LogP contribution in [0.3, 0.4) is 0 Å². The molecule has 160 valence electrons. The van der Waals surface area contributed by atoms with Crippen molar-refractivity contribution < 1.29 is 13.5 Å². The molecule has 0 aliphatic heterocycles. The molecule has 5 nitrogen and oxygen atoms in total. The van der Waals surface area contributed by atoms with Crippen molar-refractivity contribution in [3.05, 3.63) is 75.0 Å². The van der Waals surface area contributed by atoms with E-state index in [0.29, 0.717) is 33.4 Å². The second kappa shape index (κ2) is 9.15. The summed E-state index contributed by atoms with van der Waals surface area (Å²) in [4.78, 5) is 22.6. The van der Waals surface area contributed by atoms with Gasteiger partial charge in [-0.1, -0.05) is 37.7 Å². The van der Waals surface area contributed by atoms with Gasteiger partial charge in [-0.15, -0.1) is 11.3 Å². The fourth-order valence-electron chi connectivity index (χ4n) is 3.01. The molecule has 2 heterocycles. The highest BCUT2D eigenvalue weighted by molar-refractivity contribution is 7.98. The van der Waals surface area contributed by atoms with Crippen LogP contribution in [0.5, 0.6) is 5.75 Å². The molecule has 0 atom stereocenters. The molecule has 0 saturated heterocycles. The maximum atomic E-state index is 13.3. The van der Waals surface area contributed by atoms with E-state index >= 15 is 0 Å². The first kappa shape index (κ1) is 21.5. The van der Waals surface area contributed by atoms with Gasteiger partial charge in [0.25, 0.3) is 5.56 Å². The van der Waals surface area contributed by atoms with Crippen LogP contribution < -0.4 is 10.3 Å². The zero-order valence-corrected chi connectivity index (χ0v) is 18.4. The molecule has 0 spiro atoms. The highest BCUT2D eigenvalue weighted by Crippen LogP contribution is 2.27. The number of para-hydroxylation sites is 1. The van der Waals surface area contributed by atoms with Crippen molar-refractivity contribution >= 4 is 34.0 Å². The number of benzene rings is 2. The molecule has 9 heteroatoms. The molecule has 0 radical (unpaired) electrons. The smallest absolute Gasteiger partial charge is 0.387 e. The first-order valence-electron chi connectivity index (χ1n) is 9.56. The summed E-state index contributed by atoms with van der Waals surface area (Å²) in [6, 6.07) is 13.1. The monoisotopic (exact) mass is 459 g/mol. The molecular formula is C22H19F2N3O2S2. The molecule has 4 rings (SSSR count). The Morgan fingerprint density at radius 2 is 1.84 bits per heavy atom. The van der Waals surface area contributed by atoms with Gasteiger partial charge in [-0.05, 0) is 36.4 Å².